The highest BCUT2D eigenvalue weighted by Crippen LogP contribution is 2.26. The molecule has 0 bridgehead atoms. The van der Waals surface area contributed by atoms with Gasteiger partial charge in [0.25, 0.3) is 5.91 Å². The van der Waals surface area contributed by atoms with Crippen molar-refractivity contribution in [2.24, 2.45) is 0 Å². The lowest BCUT2D eigenvalue weighted by Gasteiger charge is -2.31. The van der Waals surface area contributed by atoms with Crippen molar-refractivity contribution in [2.45, 2.75) is 32.2 Å². The van der Waals surface area contributed by atoms with Crippen LogP contribution in [0.2, 0.25) is 0 Å². The first-order chi connectivity index (χ1) is 16.0. The third-order valence-corrected chi connectivity index (χ3v) is 6.33. The molecule has 2 aromatic heterocycles. The Balaban J connectivity index is 1.42. The molecule has 1 fully saturated rings. The van der Waals surface area contributed by atoms with Crippen LogP contribution < -0.4 is 10.6 Å². The zero-order valence-electron chi connectivity index (χ0n) is 18.5. The molecule has 1 aliphatic rings. The predicted molar refractivity (Wildman–Crippen MR) is 125 cm³/mol. The maximum atomic E-state index is 13.8. The molecule has 0 radical (unpaired) electrons. The molecular formula is C23H27FN6O2S. The lowest BCUT2D eigenvalue weighted by atomic mass is 10.0. The second-order valence-electron chi connectivity index (χ2n) is 8.00. The van der Waals surface area contributed by atoms with Crippen LogP contribution in [0.1, 0.15) is 36.8 Å². The summed E-state index contributed by atoms with van der Waals surface area (Å²) in [5.41, 5.74) is 0.500. The van der Waals surface area contributed by atoms with Gasteiger partial charge in [-0.1, -0.05) is 19.1 Å². The van der Waals surface area contributed by atoms with E-state index < -0.39 is 0 Å². The first kappa shape index (κ1) is 23.1. The van der Waals surface area contributed by atoms with Gasteiger partial charge in [0.05, 0.1) is 17.1 Å². The molecule has 2 amide bonds. The number of likely N-dealkylation sites (tertiary alicyclic amines) is 1. The topological polar surface area (TPSA) is 92.2 Å². The molecule has 8 nitrogen and oxygen atoms in total. The van der Waals surface area contributed by atoms with Gasteiger partial charge in [0.2, 0.25) is 11.7 Å². The average Bonchev–Trinajstić information content (AvgIpc) is 3.49. The van der Waals surface area contributed by atoms with Gasteiger partial charge in [0.15, 0.2) is 5.82 Å². The van der Waals surface area contributed by atoms with E-state index in [2.05, 4.69) is 25.6 Å². The zero-order valence-corrected chi connectivity index (χ0v) is 19.3. The summed E-state index contributed by atoms with van der Waals surface area (Å²) in [6.45, 7) is 4.55. The van der Waals surface area contributed by atoms with Gasteiger partial charge >= 0.3 is 0 Å². The van der Waals surface area contributed by atoms with Gasteiger partial charge in [0.1, 0.15) is 5.82 Å². The maximum Gasteiger partial charge on any atom is 0.291 e. The van der Waals surface area contributed by atoms with Crippen molar-refractivity contribution in [1.82, 2.24) is 30.3 Å². The number of nitrogens with zero attached hydrogens (tertiary/aromatic N) is 4. The van der Waals surface area contributed by atoms with Crippen molar-refractivity contribution in [2.75, 3.05) is 26.2 Å². The second kappa shape index (κ2) is 10.7. The fraction of sp³-hybridized carbons (Fsp3) is 0.391. The molecule has 0 atom stereocenters. The van der Waals surface area contributed by atoms with Crippen molar-refractivity contribution in [3.8, 4) is 16.4 Å². The maximum absolute atomic E-state index is 13.8. The van der Waals surface area contributed by atoms with E-state index in [0.29, 0.717) is 24.6 Å². The molecule has 0 aliphatic carbocycles. The minimum absolute atomic E-state index is 0.0150. The molecule has 3 aromatic rings. The van der Waals surface area contributed by atoms with Gasteiger partial charge in [0, 0.05) is 25.7 Å². The smallest absolute Gasteiger partial charge is 0.291 e. The average molecular weight is 471 g/mol. The van der Waals surface area contributed by atoms with E-state index in [-0.39, 0.29) is 29.5 Å². The van der Waals surface area contributed by atoms with Gasteiger partial charge in [-0.25, -0.2) is 14.1 Å². The van der Waals surface area contributed by atoms with Crippen LogP contribution in [0, 0.1) is 5.82 Å². The third-order valence-electron chi connectivity index (χ3n) is 5.47. The number of carbonyl (C=O) groups is 2. The molecule has 1 aromatic carbocycles. The fourth-order valence-electron chi connectivity index (χ4n) is 3.77. The summed E-state index contributed by atoms with van der Waals surface area (Å²) in [6, 6.07) is 9.81. The SMILES string of the molecule is CCCNC(=O)CN1CCC(NC(=O)c2nc(-c3cccs3)n(-c3cccc(F)c3)n2)CC1. The molecule has 10 heteroatoms. The van der Waals surface area contributed by atoms with Crippen molar-refractivity contribution in [3.63, 3.8) is 0 Å². The fourth-order valence-corrected chi connectivity index (χ4v) is 4.47. The van der Waals surface area contributed by atoms with Crippen LogP contribution in [0.4, 0.5) is 4.39 Å². The number of thiophene rings is 1. The van der Waals surface area contributed by atoms with Crippen LogP contribution in [0.15, 0.2) is 41.8 Å². The summed E-state index contributed by atoms with van der Waals surface area (Å²) >= 11 is 1.47. The molecule has 1 aliphatic heterocycles. The number of carbonyl (C=O) groups excluding carboxylic acids is 2. The summed E-state index contributed by atoms with van der Waals surface area (Å²) in [4.78, 5) is 32.2. The van der Waals surface area contributed by atoms with E-state index in [1.807, 2.05) is 24.4 Å². The minimum atomic E-state index is -0.388. The van der Waals surface area contributed by atoms with E-state index in [1.165, 1.54) is 28.2 Å². The number of halogens is 1. The largest absolute Gasteiger partial charge is 0.355 e. The van der Waals surface area contributed by atoms with Gasteiger partial charge in [-0.15, -0.1) is 16.4 Å². The van der Waals surface area contributed by atoms with E-state index in [1.54, 1.807) is 12.1 Å². The third kappa shape index (κ3) is 5.82. The second-order valence-corrected chi connectivity index (χ2v) is 8.95. The summed E-state index contributed by atoms with van der Waals surface area (Å²) in [5.74, 6) is -0.173. The molecule has 33 heavy (non-hydrogen) atoms. The number of nitrogens with one attached hydrogen (secondary N) is 2. The molecule has 0 unspecified atom stereocenters. The number of aromatic nitrogens is 3. The lowest BCUT2D eigenvalue weighted by molar-refractivity contribution is -0.122. The van der Waals surface area contributed by atoms with E-state index in [0.717, 1.165) is 37.2 Å². The van der Waals surface area contributed by atoms with Crippen molar-refractivity contribution >= 4 is 23.2 Å². The number of hydrogen-bond donors (Lipinski definition) is 2. The molecule has 0 saturated carbocycles. The van der Waals surface area contributed by atoms with E-state index >= 15 is 0 Å². The molecule has 174 valence electrons. The molecule has 4 rings (SSSR count). The highest BCUT2D eigenvalue weighted by atomic mass is 32.1. The number of amides is 2. The standard InChI is InChI=1S/C23H27FN6O2S/c1-2-10-25-20(31)15-29-11-8-17(9-12-29)26-23(32)21-27-22(19-7-4-13-33-19)30(28-21)18-6-3-5-16(24)14-18/h3-7,13-14,17H,2,8-12,15H2,1H3,(H,25,31)(H,26,32). The van der Waals surface area contributed by atoms with E-state index in [4.69, 9.17) is 0 Å². The number of piperidine rings is 1. The van der Waals surface area contributed by atoms with Crippen molar-refractivity contribution in [3.05, 3.63) is 53.4 Å². The zero-order chi connectivity index (χ0) is 23.2. The van der Waals surface area contributed by atoms with Crippen LogP contribution in [0.25, 0.3) is 16.4 Å². The molecule has 2 N–H and O–H groups in total. The number of benzene rings is 1. The Morgan fingerprint density at radius 1 is 1.21 bits per heavy atom. The molecule has 3 heterocycles. The number of rotatable bonds is 8. The van der Waals surface area contributed by atoms with Gasteiger partial charge in [-0.05, 0) is 48.9 Å². The predicted octanol–water partition coefficient (Wildman–Crippen LogP) is 2.86. The molecule has 1 saturated heterocycles. The Hall–Kier alpha value is -3.11. The van der Waals surface area contributed by atoms with Gasteiger partial charge < -0.3 is 10.6 Å². The number of hydrogen-bond acceptors (Lipinski definition) is 6. The Kier molecular flexibility index (Phi) is 7.46. The van der Waals surface area contributed by atoms with E-state index in [9.17, 15) is 14.0 Å². The summed E-state index contributed by atoms with van der Waals surface area (Å²) in [6.07, 6.45) is 2.40. The van der Waals surface area contributed by atoms with Crippen LogP contribution in [-0.4, -0.2) is 63.7 Å². The van der Waals surface area contributed by atoms with Crippen molar-refractivity contribution in [1.29, 1.82) is 0 Å². The summed E-state index contributed by atoms with van der Waals surface area (Å²) < 4.78 is 15.3. The van der Waals surface area contributed by atoms with Gasteiger partial charge in [-0.3, -0.25) is 14.5 Å². The first-order valence-corrected chi connectivity index (χ1v) is 12.0. The molecular weight excluding hydrogens is 443 g/mol. The van der Waals surface area contributed by atoms with Crippen LogP contribution >= 0.6 is 11.3 Å². The summed E-state index contributed by atoms with van der Waals surface area (Å²) in [5, 5.41) is 12.2. The van der Waals surface area contributed by atoms with Gasteiger partial charge in [-0.2, -0.15) is 0 Å². The first-order valence-electron chi connectivity index (χ1n) is 11.1. The Labute approximate surface area is 195 Å². The lowest BCUT2D eigenvalue weighted by Crippen LogP contribution is -2.47. The Morgan fingerprint density at radius 2 is 2.03 bits per heavy atom. The van der Waals surface area contributed by atoms with Crippen LogP contribution in [0.3, 0.4) is 0 Å². The minimum Gasteiger partial charge on any atom is -0.355 e. The summed E-state index contributed by atoms with van der Waals surface area (Å²) in [7, 11) is 0. The normalized spacial score (nSPS) is 14.8. The quantitative estimate of drug-likeness (QED) is 0.528. The monoisotopic (exact) mass is 470 g/mol. The Morgan fingerprint density at radius 3 is 2.73 bits per heavy atom. The van der Waals surface area contributed by atoms with Crippen molar-refractivity contribution < 1.29 is 14.0 Å². The highest BCUT2D eigenvalue weighted by molar-refractivity contribution is 7.13. The van der Waals surface area contributed by atoms with Crippen LogP contribution in [-0.2, 0) is 4.79 Å². The van der Waals surface area contributed by atoms with Crippen LogP contribution in [0.5, 0.6) is 0 Å². The molecule has 0 spiro atoms. The Bertz CT molecular complexity index is 1090. The highest BCUT2D eigenvalue weighted by Gasteiger charge is 2.25.